The maximum atomic E-state index is 14.6. The second-order valence-electron chi connectivity index (χ2n) is 8.46. The standard InChI is InChI=1S/C20H25F7O2/c1-10(13-12(18(13,2)3)6-7-20(25,26)27)29-9-19(4)16(23)14(21)11(8-28-5)15(22)17(19)24/h6-7,10,12-13,16H,8-9H2,1-5H3/b7-6+/t10?,12-,13-,16?,19?/m0/s1. The Labute approximate surface area is 165 Å². The molecule has 0 aromatic heterocycles. The molecule has 0 amide bonds. The third kappa shape index (κ3) is 4.55. The molecule has 2 aliphatic carbocycles. The Kier molecular flexibility index (Phi) is 6.65. The summed E-state index contributed by atoms with van der Waals surface area (Å²) in [5, 5.41) is 0. The van der Waals surface area contributed by atoms with Crippen molar-refractivity contribution in [3.63, 3.8) is 0 Å². The molecule has 0 aromatic carbocycles. The fourth-order valence-electron chi connectivity index (χ4n) is 4.05. The van der Waals surface area contributed by atoms with Crippen LogP contribution in [0.1, 0.15) is 27.7 Å². The van der Waals surface area contributed by atoms with Gasteiger partial charge in [-0.15, -0.1) is 0 Å². The van der Waals surface area contributed by atoms with Crippen molar-refractivity contribution in [2.45, 2.75) is 46.1 Å². The first-order chi connectivity index (χ1) is 13.2. The second-order valence-corrected chi connectivity index (χ2v) is 8.46. The highest BCUT2D eigenvalue weighted by Gasteiger charge is 2.59. The van der Waals surface area contributed by atoms with Crippen molar-refractivity contribution < 1.29 is 40.2 Å². The van der Waals surface area contributed by atoms with E-state index in [-0.39, 0.29) is 12.0 Å². The third-order valence-electron chi connectivity index (χ3n) is 5.96. The molecule has 0 aromatic rings. The Morgan fingerprint density at radius 1 is 1.14 bits per heavy atom. The number of rotatable bonds is 7. The Hall–Kier alpha value is -1.35. The van der Waals surface area contributed by atoms with Crippen LogP contribution < -0.4 is 0 Å². The fourth-order valence-corrected chi connectivity index (χ4v) is 4.05. The minimum absolute atomic E-state index is 0.154. The molecule has 0 radical (unpaired) electrons. The van der Waals surface area contributed by atoms with Gasteiger partial charge in [0.15, 0.2) is 12.0 Å². The Balaban J connectivity index is 2.12. The quantitative estimate of drug-likeness (QED) is 0.356. The minimum atomic E-state index is -4.44. The van der Waals surface area contributed by atoms with E-state index in [2.05, 4.69) is 4.74 Å². The van der Waals surface area contributed by atoms with Gasteiger partial charge in [0.2, 0.25) is 0 Å². The van der Waals surface area contributed by atoms with Crippen LogP contribution >= 0.6 is 0 Å². The molecule has 5 atom stereocenters. The normalized spacial score (nSPS) is 33.6. The summed E-state index contributed by atoms with van der Waals surface area (Å²) in [5.41, 5.74) is -3.56. The zero-order valence-corrected chi connectivity index (χ0v) is 16.8. The van der Waals surface area contributed by atoms with Gasteiger partial charge >= 0.3 is 6.18 Å². The SMILES string of the molecule is COCC1=C(F)C(F)C(C)(COC(C)[C@H]2[C@H](/C=C/C(F)(F)F)C2(C)C)C(F)=C1F. The largest absolute Gasteiger partial charge is 0.409 e. The molecule has 1 fully saturated rings. The van der Waals surface area contributed by atoms with Crippen LogP contribution in [-0.2, 0) is 9.47 Å². The summed E-state index contributed by atoms with van der Waals surface area (Å²) >= 11 is 0. The summed E-state index contributed by atoms with van der Waals surface area (Å²) in [4.78, 5) is 0. The van der Waals surface area contributed by atoms with Gasteiger partial charge in [-0.3, -0.25) is 0 Å². The van der Waals surface area contributed by atoms with Crippen LogP contribution in [0.15, 0.2) is 35.2 Å². The lowest BCUT2D eigenvalue weighted by Gasteiger charge is -2.35. The molecule has 2 nitrogen and oxygen atoms in total. The number of halogens is 7. The lowest BCUT2D eigenvalue weighted by atomic mass is 9.78. The number of ether oxygens (including phenoxy) is 2. The lowest BCUT2D eigenvalue weighted by Crippen LogP contribution is -2.40. The first kappa shape index (κ1) is 23.9. The molecule has 0 spiro atoms. The van der Waals surface area contributed by atoms with Gasteiger partial charge in [-0.2, -0.15) is 13.2 Å². The average Bonchev–Trinajstić information content (AvgIpc) is 3.18. The molecule has 29 heavy (non-hydrogen) atoms. The fraction of sp³-hybridized carbons (Fsp3) is 0.700. The summed E-state index contributed by atoms with van der Waals surface area (Å²) in [6.45, 7) is 4.77. The first-order valence-corrected chi connectivity index (χ1v) is 9.13. The van der Waals surface area contributed by atoms with E-state index in [1.54, 1.807) is 20.8 Å². The maximum absolute atomic E-state index is 14.6. The van der Waals surface area contributed by atoms with Gasteiger partial charge in [-0.25, -0.2) is 17.6 Å². The van der Waals surface area contributed by atoms with Crippen molar-refractivity contribution in [3.8, 4) is 0 Å². The Bertz CT molecular complexity index is 723. The molecule has 3 unspecified atom stereocenters. The van der Waals surface area contributed by atoms with Crippen LogP contribution in [-0.4, -0.2) is 38.8 Å². The summed E-state index contributed by atoms with van der Waals surface area (Å²) in [6, 6.07) is 0. The van der Waals surface area contributed by atoms with Crippen molar-refractivity contribution in [1.82, 2.24) is 0 Å². The molecule has 0 heterocycles. The monoisotopic (exact) mass is 430 g/mol. The van der Waals surface area contributed by atoms with Gasteiger partial charge in [-0.1, -0.05) is 19.9 Å². The van der Waals surface area contributed by atoms with E-state index in [0.717, 1.165) is 20.1 Å². The van der Waals surface area contributed by atoms with Crippen LogP contribution in [0.3, 0.4) is 0 Å². The number of methoxy groups -OCH3 is 1. The second kappa shape index (κ2) is 8.06. The van der Waals surface area contributed by atoms with E-state index >= 15 is 0 Å². The number of alkyl halides is 4. The van der Waals surface area contributed by atoms with Crippen molar-refractivity contribution in [2.24, 2.45) is 22.7 Å². The molecule has 0 N–H and O–H groups in total. The van der Waals surface area contributed by atoms with Crippen LogP contribution in [0.2, 0.25) is 0 Å². The molecule has 1 saturated carbocycles. The van der Waals surface area contributed by atoms with Crippen LogP contribution in [0.4, 0.5) is 30.7 Å². The zero-order valence-electron chi connectivity index (χ0n) is 16.8. The Morgan fingerprint density at radius 3 is 2.24 bits per heavy atom. The van der Waals surface area contributed by atoms with E-state index in [1.807, 2.05) is 0 Å². The number of hydrogen-bond donors (Lipinski definition) is 0. The van der Waals surface area contributed by atoms with E-state index in [1.165, 1.54) is 0 Å². The van der Waals surface area contributed by atoms with Crippen LogP contribution in [0.5, 0.6) is 0 Å². The van der Waals surface area contributed by atoms with Gasteiger partial charge < -0.3 is 9.47 Å². The number of allylic oxidation sites excluding steroid dienone is 3. The van der Waals surface area contributed by atoms with Crippen LogP contribution in [0.25, 0.3) is 0 Å². The molecule has 0 saturated heterocycles. The lowest BCUT2D eigenvalue weighted by molar-refractivity contribution is -0.0802. The molecular weight excluding hydrogens is 405 g/mol. The van der Waals surface area contributed by atoms with E-state index in [0.29, 0.717) is 0 Å². The number of hydrogen-bond acceptors (Lipinski definition) is 2. The minimum Gasteiger partial charge on any atom is -0.380 e. The smallest absolute Gasteiger partial charge is 0.380 e. The highest BCUT2D eigenvalue weighted by molar-refractivity contribution is 5.41. The average molecular weight is 430 g/mol. The summed E-state index contributed by atoms with van der Waals surface area (Å²) in [6.07, 6.45) is -6.40. The molecule has 2 aliphatic rings. The van der Waals surface area contributed by atoms with Crippen molar-refractivity contribution >= 4 is 0 Å². The van der Waals surface area contributed by atoms with Gasteiger partial charge in [0.25, 0.3) is 0 Å². The predicted octanol–water partition coefficient (Wildman–Crippen LogP) is 6.16. The molecule has 0 bridgehead atoms. The molecule has 2 rings (SSSR count). The van der Waals surface area contributed by atoms with Crippen LogP contribution in [0, 0.1) is 22.7 Å². The third-order valence-corrected chi connectivity index (χ3v) is 5.96. The molecule has 0 aliphatic heterocycles. The van der Waals surface area contributed by atoms with E-state index < -0.39 is 71.5 Å². The van der Waals surface area contributed by atoms with Gasteiger partial charge in [-0.05, 0) is 31.1 Å². The van der Waals surface area contributed by atoms with Crippen molar-refractivity contribution in [3.05, 3.63) is 35.2 Å². The van der Waals surface area contributed by atoms with Gasteiger partial charge in [0.05, 0.1) is 30.3 Å². The molecule has 166 valence electrons. The van der Waals surface area contributed by atoms with Gasteiger partial charge in [0.1, 0.15) is 11.7 Å². The van der Waals surface area contributed by atoms with Crippen molar-refractivity contribution in [1.29, 1.82) is 0 Å². The summed E-state index contributed by atoms with van der Waals surface area (Å²) < 4.78 is 105. The summed E-state index contributed by atoms with van der Waals surface area (Å²) in [7, 11) is 1.14. The molecule has 9 heteroatoms. The first-order valence-electron chi connectivity index (χ1n) is 9.13. The van der Waals surface area contributed by atoms with E-state index in [9.17, 15) is 30.7 Å². The topological polar surface area (TPSA) is 18.5 Å². The summed E-state index contributed by atoms with van der Waals surface area (Å²) in [5.74, 6) is -5.24. The predicted molar refractivity (Wildman–Crippen MR) is 93.6 cm³/mol. The van der Waals surface area contributed by atoms with E-state index in [4.69, 9.17) is 4.74 Å². The van der Waals surface area contributed by atoms with Crippen molar-refractivity contribution in [2.75, 3.05) is 20.3 Å². The Morgan fingerprint density at radius 2 is 1.72 bits per heavy atom. The highest BCUT2D eigenvalue weighted by Crippen LogP contribution is 2.61. The molecular formula is C20H25F7O2. The highest BCUT2D eigenvalue weighted by atomic mass is 19.4. The van der Waals surface area contributed by atoms with Gasteiger partial charge in [0, 0.05) is 13.2 Å². The maximum Gasteiger partial charge on any atom is 0.409 e. The zero-order chi connectivity index (χ0) is 22.4.